The summed E-state index contributed by atoms with van der Waals surface area (Å²) >= 11 is 0. The molecule has 0 unspecified atom stereocenters. The van der Waals surface area contributed by atoms with E-state index in [1.807, 2.05) is 91.0 Å². The molecule has 0 aliphatic carbocycles. The molecule has 2 heteroatoms. The van der Waals surface area contributed by atoms with Gasteiger partial charge >= 0.3 is 0 Å². The molecule has 2 nitrogen and oxygen atoms in total. The minimum atomic E-state index is 0.0708. The SMILES string of the molecule is Cc1ccc(C(C)(C)c2ccc(C)cc2)cc1.Cc1ccc(C)cc1.Cc1ccc(Cc2ccc(C)cc2)cc1.Cc1ccc(Cc2cccc(C)c2)cc1.Cc1ccc(Oc2ccc(C)cc2)cc1.Cc1ccc(Oc2cccc(C)c2)cc1.Cc1cccc(C)c1. The van der Waals surface area contributed by atoms with Crippen molar-refractivity contribution in [1.29, 1.82) is 0 Å². The molecule has 12 rings (SSSR count). The highest BCUT2D eigenvalue weighted by Gasteiger charge is 2.22. The summed E-state index contributed by atoms with van der Waals surface area (Å²) in [7, 11) is 0. The fraction of sp³-hybridized carbons (Fsp3) is 0.209. The summed E-state index contributed by atoms with van der Waals surface area (Å²) in [5, 5.41) is 0. The van der Waals surface area contributed by atoms with Gasteiger partial charge in [-0.3, -0.25) is 0 Å². The van der Waals surface area contributed by atoms with Crippen LogP contribution in [0.15, 0.2) is 291 Å². The van der Waals surface area contributed by atoms with Gasteiger partial charge in [0.05, 0.1) is 0 Å². The first kappa shape index (κ1) is 72.3. The second kappa shape index (κ2) is 37.5. The molecule has 0 saturated carbocycles. The molecule has 476 valence electrons. The zero-order valence-electron chi connectivity index (χ0n) is 58.4. The fourth-order valence-corrected chi connectivity index (χ4v) is 9.73. The molecule has 0 N–H and O–H groups in total. The molecule has 0 amide bonds. The molecule has 0 bridgehead atoms. The van der Waals surface area contributed by atoms with Crippen LogP contribution in [0.5, 0.6) is 23.0 Å². The van der Waals surface area contributed by atoms with Gasteiger partial charge in [-0.2, -0.15) is 0 Å². The number of aryl methyl sites for hydroxylation is 14. The highest BCUT2D eigenvalue weighted by Crippen LogP contribution is 2.32. The van der Waals surface area contributed by atoms with Gasteiger partial charge in [0.2, 0.25) is 0 Å². The van der Waals surface area contributed by atoms with E-state index in [-0.39, 0.29) is 5.41 Å². The van der Waals surface area contributed by atoms with Gasteiger partial charge in [0.1, 0.15) is 23.0 Å². The van der Waals surface area contributed by atoms with Crippen LogP contribution in [0.25, 0.3) is 0 Å². The Morgan fingerprint density at radius 3 is 0.699 bits per heavy atom. The molecular formula is C91H100O2. The highest BCUT2D eigenvalue weighted by atomic mass is 16.5. The van der Waals surface area contributed by atoms with E-state index in [1.54, 1.807) is 0 Å². The molecule has 0 fully saturated rings. The summed E-state index contributed by atoms with van der Waals surface area (Å²) in [6.45, 7) is 34.0. The van der Waals surface area contributed by atoms with Crippen LogP contribution in [0.2, 0.25) is 0 Å². The molecule has 0 saturated heterocycles. The van der Waals surface area contributed by atoms with Crippen LogP contribution in [-0.4, -0.2) is 0 Å². The average molecular weight is 1230 g/mol. The highest BCUT2D eigenvalue weighted by molar-refractivity contribution is 5.41. The summed E-state index contributed by atoms with van der Waals surface area (Å²) in [6, 6.07) is 102. The lowest BCUT2D eigenvalue weighted by atomic mass is 9.78. The van der Waals surface area contributed by atoms with Crippen LogP contribution in [0.3, 0.4) is 0 Å². The van der Waals surface area contributed by atoms with Crippen molar-refractivity contribution in [3.63, 3.8) is 0 Å². The molecule has 0 aliphatic heterocycles. The van der Waals surface area contributed by atoms with Crippen LogP contribution in [-0.2, 0) is 18.3 Å². The van der Waals surface area contributed by atoms with Crippen LogP contribution in [0, 0.1) is 96.9 Å². The summed E-state index contributed by atoms with van der Waals surface area (Å²) in [6.07, 6.45) is 2.06. The Morgan fingerprint density at radius 2 is 0.419 bits per heavy atom. The molecule has 0 heterocycles. The van der Waals surface area contributed by atoms with Crippen LogP contribution in [0.1, 0.15) is 125 Å². The first-order valence-corrected chi connectivity index (χ1v) is 32.6. The summed E-state index contributed by atoms with van der Waals surface area (Å²) in [5.74, 6) is 3.53. The quantitative estimate of drug-likeness (QED) is 0.136. The Kier molecular flexibility index (Phi) is 29.2. The predicted molar refractivity (Wildman–Crippen MR) is 402 cm³/mol. The van der Waals surface area contributed by atoms with Crippen molar-refractivity contribution >= 4 is 0 Å². The van der Waals surface area contributed by atoms with E-state index < -0.39 is 0 Å². The van der Waals surface area contributed by atoms with Crippen molar-refractivity contribution in [2.75, 3.05) is 0 Å². The normalized spacial score (nSPS) is 10.2. The molecule has 93 heavy (non-hydrogen) atoms. The third kappa shape index (κ3) is 27.7. The summed E-state index contributed by atoms with van der Waals surface area (Å²) in [5.41, 5.74) is 26.5. The predicted octanol–water partition coefficient (Wildman–Crippen LogP) is 25.2. The van der Waals surface area contributed by atoms with E-state index in [2.05, 4.69) is 311 Å². The Labute approximate surface area is 560 Å². The minimum absolute atomic E-state index is 0.0708. The van der Waals surface area contributed by atoms with Gasteiger partial charge < -0.3 is 9.47 Å². The first-order valence-electron chi connectivity index (χ1n) is 32.6. The number of hydrogen-bond donors (Lipinski definition) is 0. The minimum Gasteiger partial charge on any atom is -0.457 e. The number of ether oxygens (including phenoxy) is 2. The lowest BCUT2D eigenvalue weighted by Gasteiger charge is -2.26. The third-order valence-corrected chi connectivity index (χ3v) is 15.7. The average Bonchev–Trinajstić information content (AvgIpc) is 0.863. The maximum Gasteiger partial charge on any atom is 0.127 e. The molecule has 0 aromatic heterocycles. The van der Waals surface area contributed by atoms with Gasteiger partial charge in [-0.15, -0.1) is 0 Å². The standard InChI is InChI=1S/C17H20.2C15H16.2C14H14O.2C8H10/c1-13-5-9-15(10-6-13)17(3,4)16-11-7-14(2)8-12-16;1-12-3-7-14(8-4-12)11-15-9-5-13(2)6-10-15;1-12-6-8-14(9-7-12)11-15-5-3-4-13(2)10-15;1-11-3-7-13(8-4-11)15-14-9-5-12(2)6-10-14;1-11-6-8-13(9-7-11)15-14-5-3-4-12(2)10-14;1-7-3-5-8(2)6-4-7;1-7-4-3-5-8(2)6-7/h5-12H,1-4H3;2*3-10H,11H2,1-2H3;2*3-10H,1-2H3;2*3-6H,1-2H3. The second-order valence-corrected chi connectivity index (χ2v) is 25.4. The van der Waals surface area contributed by atoms with E-state index >= 15 is 0 Å². The van der Waals surface area contributed by atoms with Gasteiger partial charge in [0.15, 0.2) is 0 Å². The molecule has 0 atom stereocenters. The number of benzene rings is 12. The van der Waals surface area contributed by atoms with E-state index in [0.717, 1.165) is 35.8 Å². The molecule has 0 radical (unpaired) electrons. The van der Waals surface area contributed by atoms with Crippen molar-refractivity contribution in [3.05, 3.63) is 402 Å². The van der Waals surface area contributed by atoms with Gasteiger partial charge in [-0.05, 0) is 197 Å². The Hall–Kier alpha value is -9.76. The van der Waals surface area contributed by atoms with Gasteiger partial charge in [-0.25, -0.2) is 0 Å². The van der Waals surface area contributed by atoms with Crippen LogP contribution < -0.4 is 9.47 Å². The van der Waals surface area contributed by atoms with E-state index in [0.29, 0.717) is 0 Å². The van der Waals surface area contributed by atoms with Crippen molar-refractivity contribution in [2.24, 2.45) is 0 Å². The van der Waals surface area contributed by atoms with Crippen LogP contribution >= 0.6 is 0 Å². The zero-order valence-corrected chi connectivity index (χ0v) is 58.4. The lowest BCUT2D eigenvalue weighted by Crippen LogP contribution is -2.18. The van der Waals surface area contributed by atoms with E-state index in [9.17, 15) is 0 Å². The first-order chi connectivity index (χ1) is 44.5. The molecule has 0 aliphatic rings. The van der Waals surface area contributed by atoms with Crippen molar-refractivity contribution < 1.29 is 9.47 Å². The van der Waals surface area contributed by atoms with Gasteiger partial charge in [0.25, 0.3) is 0 Å². The zero-order chi connectivity index (χ0) is 67.1. The molecule has 12 aromatic carbocycles. The van der Waals surface area contributed by atoms with Crippen molar-refractivity contribution in [3.8, 4) is 23.0 Å². The molecular weight excluding hydrogens is 1120 g/mol. The van der Waals surface area contributed by atoms with E-state index in [4.69, 9.17) is 9.47 Å². The van der Waals surface area contributed by atoms with E-state index in [1.165, 1.54) is 111 Å². The molecule has 0 spiro atoms. The Balaban J connectivity index is 0.000000174. The third-order valence-electron chi connectivity index (χ3n) is 15.7. The monoisotopic (exact) mass is 1220 g/mol. The largest absolute Gasteiger partial charge is 0.457 e. The Morgan fingerprint density at radius 1 is 0.194 bits per heavy atom. The smallest absolute Gasteiger partial charge is 0.127 e. The van der Waals surface area contributed by atoms with Gasteiger partial charge in [-0.1, -0.05) is 329 Å². The second-order valence-electron chi connectivity index (χ2n) is 25.4. The maximum absolute atomic E-state index is 5.71. The topological polar surface area (TPSA) is 18.5 Å². The summed E-state index contributed by atoms with van der Waals surface area (Å²) in [4.78, 5) is 0. The maximum atomic E-state index is 5.71. The number of hydrogen-bond acceptors (Lipinski definition) is 2. The number of rotatable bonds is 10. The molecule has 12 aromatic rings. The summed E-state index contributed by atoms with van der Waals surface area (Å²) < 4.78 is 11.4. The fourth-order valence-electron chi connectivity index (χ4n) is 9.73. The van der Waals surface area contributed by atoms with Crippen LogP contribution in [0.4, 0.5) is 0 Å². The lowest BCUT2D eigenvalue weighted by molar-refractivity contribution is 0.482. The van der Waals surface area contributed by atoms with Gasteiger partial charge in [0, 0.05) is 5.41 Å². The Bertz CT molecular complexity index is 3690. The van der Waals surface area contributed by atoms with Crippen molar-refractivity contribution in [1.82, 2.24) is 0 Å². The van der Waals surface area contributed by atoms with Crippen molar-refractivity contribution in [2.45, 2.75) is 129 Å².